The van der Waals surface area contributed by atoms with E-state index in [9.17, 15) is 9.90 Å². The zero-order valence-electron chi connectivity index (χ0n) is 20.8. The number of carbonyl (C=O) groups is 1. The molecular weight excluding hydrogens is 380 g/mol. The van der Waals surface area contributed by atoms with E-state index in [0.29, 0.717) is 23.2 Å². The highest BCUT2D eigenvalue weighted by atomic mass is 16.3. The maximum Gasteiger partial charge on any atom is 0.164 e. The van der Waals surface area contributed by atoms with Gasteiger partial charge in [0.15, 0.2) is 5.78 Å². The molecule has 0 aromatic heterocycles. The van der Waals surface area contributed by atoms with Crippen molar-refractivity contribution in [2.45, 2.75) is 99.0 Å². The highest BCUT2D eigenvalue weighted by molar-refractivity contribution is 5.86. The summed E-state index contributed by atoms with van der Waals surface area (Å²) in [7, 11) is 0. The lowest BCUT2D eigenvalue weighted by Crippen LogP contribution is -2.69. The van der Waals surface area contributed by atoms with E-state index in [4.69, 9.17) is 0 Å². The largest absolute Gasteiger partial charge is 0.385 e. The Morgan fingerprint density at radius 3 is 2.19 bits per heavy atom. The van der Waals surface area contributed by atoms with E-state index >= 15 is 0 Å². The summed E-state index contributed by atoms with van der Waals surface area (Å²) in [6.07, 6.45) is 13.3. The highest BCUT2D eigenvalue weighted by Gasteiger charge is 2.71. The third-order valence-electron chi connectivity index (χ3n) is 12.7. The lowest BCUT2D eigenvalue weighted by Gasteiger charge is -2.74. The quantitative estimate of drug-likeness (QED) is 0.468. The van der Waals surface area contributed by atoms with Crippen LogP contribution in [0.2, 0.25) is 0 Å². The summed E-state index contributed by atoms with van der Waals surface area (Å²) in [5, 5.41) is 11.1. The van der Waals surface area contributed by atoms with Crippen molar-refractivity contribution in [3.8, 4) is 0 Å². The van der Waals surface area contributed by atoms with Crippen LogP contribution in [0.25, 0.3) is 0 Å². The van der Waals surface area contributed by atoms with Crippen LogP contribution in [-0.2, 0) is 4.79 Å². The van der Waals surface area contributed by atoms with Gasteiger partial charge in [0.05, 0.1) is 0 Å². The van der Waals surface area contributed by atoms with Gasteiger partial charge in [-0.1, -0.05) is 60.3 Å². The van der Waals surface area contributed by atoms with Gasteiger partial charge in [0.2, 0.25) is 0 Å². The molecule has 0 unspecified atom stereocenters. The van der Waals surface area contributed by atoms with E-state index < -0.39 is 6.10 Å². The minimum atomic E-state index is -0.780. The summed E-state index contributed by atoms with van der Waals surface area (Å²) < 4.78 is 0. The molecule has 0 aromatic carbocycles. The Morgan fingerprint density at radius 2 is 1.52 bits per heavy atom. The first-order chi connectivity index (χ1) is 14.3. The van der Waals surface area contributed by atoms with Crippen LogP contribution < -0.4 is 0 Å². The van der Waals surface area contributed by atoms with Gasteiger partial charge in [0.1, 0.15) is 6.10 Å². The molecule has 5 rings (SSSR count). The predicted molar refractivity (Wildman–Crippen MR) is 126 cm³/mol. The van der Waals surface area contributed by atoms with Crippen LogP contribution >= 0.6 is 0 Å². The summed E-state index contributed by atoms with van der Waals surface area (Å²) in [4.78, 5) is 12.8. The van der Waals surface area contributed by atoms with E-state index in [1.54, 1.807) is 0 Å². The Labute approximate surface area is 190 Å². The number of hydrogen-bond acceptors (Lipinski definition) is 2. The van der Waals surface area contributed by atoms with Gasteiger partial charge >= 0.3 is 0 Å². The van der Waals surface area contributed by atoms with E-state index in [1.165, 1.54) is 37.7 Å². The van der Waals surface area contributed by atoms with Gasteiger partial charge in [-0.3, -0.25) is 4.79 Å². The van der Waals surface area contributed by atoms with Gasteiger partial charge < -0.3 is 5.11 Å². The van der Waals surface area contributed by atoms with E-state index in [-0.39, 0.29) is 33.4 Å². The van der Waals surface area contributed by atoms with Crippen LogP contribution in [-0.4, -0.2) is 17.0 Å². The zero-order chi connectivity index (χ0) is 22.6. The van der Waals surface area contributed by atoms with Crippen LogP contribution in [0.15, 0.2) is 24.3 Å². The number of aliphatic hydroxyl groups is 1. The summed E-state index contributed by atoms with van der Waals surface area (Å²) >= 11 is 0. The Bertz CT molecular complexity index is 857. The van der Waals surface area contributed by atoms with Crippen LogP contribution in [0.5, 0.6) is 0 Å². The summed E-state index contributed by atoms with van der Waals surface area (Å²) in [6.45, 7) is 19.1. The molecule has 0 aromatic rings. The van der Waals surface area contributed by atoms with E-state index in [0.717, 1.165) is 19.3 Å². The summed E-state index contributed by atoms with van der Waals surface area (Å²) in [5.41, 5.74) is 2.15. The molecular formula is C29H44O2. The molecule has 2 nitrogen and oxygen atoms in total. The molecule has 1 N–H and O–H groups in total. The summed E-state index contributed by atoms with van der Waals surface area (Å²) in [6, 6.07) is 0. The lowest BCUT2D eigenvalue weighted by molar-refractivity contribution is -0.254. The molecule has 0 saturated heterocycles. The third kappa shape index (κ3) is 2.42. The molecule has 0 bridgehead atoms. The third-order valence-corrected chi connectivity index (χ3v) is 12.7. The molecule has 10 atom stereocenters. The molecule has 4 saturated carbocycles. The Balaban J connectivity index is 1.57. The Morgan fingerprint density at radius 1 is 0.903 bits per heavy atom. The van der Waals surface area contributed by atoms with Crippen molar-refractivity contribution in [2.24, 2.45) is 50.7 Å². The van der Waals surface area contributed by atoms with Gasteiger partial charge in [-0.15, -0.1) is 0 Å². The predicted octanol–water partition coefficient (Wildman–Crippen LogP) is 6.73. The maximum absolute atomic E-state index is 12.8. The Hall–Kier alpha value is -0.890. The maximum atomic E-state index is 12.8. The first-order valence-corrected chi connectivity index (χ1v) is 12.9. The number of ketones is 1. The number of fused-ring (bicyclic) bond motifs is 7. The van der Waals surface area contributed by atoms with Crippen molar-refractivity contribution < 1.29 is 9.90 Å². The lowest BCUT2D eigenvalue weighted by atomic mass is 9.30. The van der Waals surface area contributed by atoms with Crippen molar-refractivity contribution in [3.05, 3.63) is 24.3 Å². The van der Waals surface area contributed by atoms with Crippen LogP contribution in [0.1, 0.15) is 92.9 Å². The molecule has 0 heterocycles. The minimum absolute atomic E-state index is 0.0120. The number of rotatable bonds is 0. The summed E-state index contributed by atoms with van der Waals surface area (Å²) in [5.74, 6) is 1.91. The Kier molecular flexibility index (Phi) is 4.50. The zero-order valence-corrected chi connectivity index (χ0v) is 20.8. The smallest absolute Gasteiger partial charge is 0.164 e. The van der Waals surface area contributed by atoms with Gasteiger partial charge in [0.25, 0.3) is 0 Å². The molecule has 172 valence electrons. The normalized spacial score (nSPS) is 58.7. The van der Waals surface area contributed by atoms with Gasteiger partial charge in [-0.2, -0.15) is 0 Å². The highest BCUT2D eigenvalue weighted by Crippen LogP contribution is 2.77. The van der Waals surface area contributed by atoms with Gasteiger partial charge in [0, 0.05) is 11.3 Å². The molecule has 0 aliphatic heterocycles. The monoisotopic (exact) mass is 424 g/mol. The van der Waals surface area contributed by atoms with Crippen molar-refractivity contribution >= 4 is 5.78 Å². The molecule has 2 heteroatoms. The topological polar surface area (TPSA) is 37.3 Å². The van der Waals surface area contributed by atoms with Crippen molar-refractivity contribution in [1.29, 1.82) is 0 Å². The SMILES string of the molecule is C=C1C=CC[C@H]2[C@]3(C)CC[C@]4(C)[C@H]5C[C@@H](C)C(=O)[C@@H](O)[C@]5(C)CC[C@]4(C)[C@@H]3CC[C@]12C. The van der Waals surface area contributed by atoms with Crippen LogP contribution in [0.4, 0.5) is 0 Å². The fraction of sp³-hybridized carbons (Fsp3) is 0.828. The first-order valence-electron chi connectivity index (χ1n) is 12.9. The first kappa shape index (κ1) is 21.9. The molecule has 0 spiro atoms. The van der Waals surface area contributed by atoms with Crippen molar-refractivity contribution in [1.82, 2.24) is 0 Å². The average molecular weight is 425 g/mol. The molecule has 0 radical (unpaired) electrons. The standard InChI is InChI=1S/C29H44O2/c1-18-17-22-27(5,24(31)23(18)30)14-16-28(6)21-11-12-25(3)19(2)9-8-10-20(25)26(21,4)13-15-29(22,28)7/h8-9,18,20-22,24,31H,2,10-17H2,1,3-7H3/t18-,20-,21-,22+,24-,25-,26+,27-,28-,29-/m1/s1. The molecule has 0 amide bonds. The molecule has 5 aliphatic rings. The fourth-order valence-electron chi connectivity index (χ4n) is 10.4. The minimum Gasteiger partial charge on any atom is -0.385 e. The second-order valence-corrected chi connectivity index (χ2v) is 13.6. The fourth-order valence-corrected chi connectivity index (χ4v) is 10.4. The average Bonchev–Trinajstić information content (AvgIpc) is 2.72. The number of carbonyl (C=O) groups excluding carboxylic acids is 1. The number of Topliss-reactive ketones (excluding diaryl/α,β-unsaturated/α-hetero) is 1. The van der Waals surface area contributed by atoms with Crippen molar-refractivity contribution in [2.75, 3.05) is 0 Å². The number of allylic oxidation sites excluding steroid dienone is 3. The van der Waals surface area contributed by atoms with Gasteiger partial charge in [-0.05, 0) is 96.4 Å². The molecule has 5 aliphatic carbocycles. The van der Waals surface area contributed by atoms with Crippen molar-refractivity contribution in [3.63, 3.8) is 0 Å². The van der Waals surface area contributed by atoms with Gasteiger partial charge in [-0.25, -0.2) is 0 Å². The van der Waals surface area contributed by atoms with Crippen LogP contribution in [0, 0.1) is 50.7 Å². The van der Waals surface area contributed by atoms with E-state index in [2.05, 4.69) is 60.3 Å². The second kappa shape index (κ2) is 6.37. The second-order valence-electron chi connectivity index (χ2n) is 13.6. The van der Waals surface area contributed by atoms with Crippen LogP contribution in [0.3, 0.4) is 0 Å². The van der Waals surface area contributed by atoms with E-state index in [1.807, 2.05) is 0 Å². The number of hydrogen-bond donors (Lipinski definition) is 1. The molecule has 31 heavy (non-hydrogen) atoms. The molecule has 4 fully saturated rings. The number of aliphatic hydroxyl groups excluding tert-OH is 1.